The number of ether oxygens (including phenoxy) is 1. The summed E-state index contributed by atoms with van der Waals surface area (Å²) in [4.78, 5) is 12.0. The smallest absolute Gasteiger partial charge is 0.251 e. The van der Waals surface area contributed by atoms with Gasteiger partial charge in [0.2, 0.25) is 0 Å². The van der Waals surface area contributed by atoms with E-state index in [1.807, 2.05) is 6.92 Å². The Morgan fingerprint density at radius 1 is 1.14 bits per heavy atom. The van der Waals surface area contributed by atoms with Crippen molar-refractivity contribution in [2.24, 2.45) is 0 Å². The van der Waals surface area contributed by atoms with Crippen LogP contribution in [-0.2, 0) is 6.54 Å². The Hall–Kier alpha value is -2.62. The molecule has 0 aliphatic carbocycles. The Labute approximate surface area is 129 Å². The van der Waals surface area contributed by atoms with Gasteiger partial charge in [-0.3, -0.25) is 4.79 Å². The van der Waals surface area contributed by atoms with Crippen LogP contribution in [0, 0.1) is 5.82 Å². The molecule has 0 unspecified atom stereocenters. The lowest BCUT2D eigenvalue weighted by molar-refractivity contribution is 0.0951. The number of carbonyl (C=O) groups is 1. The van der Waals surface area contributed by atoms with Crippen LogP contribution in [0.4, 0.5) is 4.39 Å². The van der Waals surface area contributed by atoms with E-state index in [4.69, 9.17) is 4.74 Å². The molecule has 0 spiro atoms. The van der Waals surface area contributed by atoms with E-state index in [1.54, 1.807) is 36.4 Å². The lowest BCUT2D eigenvalue weighted by atomic mass is 10.2. The average Bonchev–Trinajstić information content (AvgIpc) is 2.52. The SMILES string of the molecule is C=C(C)COc1ccc(C(=O)NCc2ccc(F)cc2)cc1. The van der Waals surface area contributed by atoms with Crippen LogP contribution in [0.25, 0.3) is 0 Å². The van der Waals surface area contributed by atoms with E-state index in [-0.39, 0.29) is 11.7 Å². The van der Waals surface area contributed by atoms with Crippen molar-refractivity contribution >= 4 is 5.91 Å². The molecule has 4 heteroatoms. The summed E-state index contributed by atoms with van der Waals surface area (Å²) in [5, 5.41) is 2.79. The molecular formula is C18H18FNO2. The zero-order chi connectivity index (χ0) is 15.9. The van der Waals surface area contributed by atoms with Gasteiger partial charge in [-0.15, -0.1) is 0 Å². The van der Waals surface area contributed by atoms with Crippen LogP contribution in [0.15, 0.2) is 60.7 Å². The Morgan fingerprint density at radius 3 is 2.36 bits per heavy atom. The Morgan fingerprint density at radius 2 is 1.77 bits per heavy atom. The zero-order valence-corrected chi connectivity index (χ0v) is 12.4. The van der Waals surface area contributed by atoms with Gasteiger partial charge in [0.25, 0.3) is 5.91 Å². The van der Waals surface area contributed by atoms with E-state index in [2.05, 4.69) is 11.9 Å². The third-order valence-electron chi connectivity index (χ3n) is 2.97. The van der Waals surface area contributed by atoms with E-state index in [0.717, 1.165) is 11.1 Å². The highest BCUT2D eigenvalue weighted by Gasteiger charge is 2.05. The summed E-state index contributed by atoms with van der Waals surface area (Å²) in [6.07, 6.45) is 0. The van der Waals surface area contributed by atoms with Crippen LogP contribution >= 0.6 is 0 Å². The van der Waals surface area contributed by atoms with E-state index >= 15 is 0 Å². The van der Waals surface area contributed by atoms with Crippen molar-refractivity contribution in [3.05, 3.63) is 77.6 Å². The minimum absolute atomic E-state index is 0.184. The highest BCUT2D eigenvalue weighted by molar-refractivity contribution is 5.94. The summed E-state index contributed by atoms with van der Waals surface area (Å²) >= 11 is 0. The second-order valence-electron chi connectivity index (χ2n) is 5.08. The molecule has 0 fully saturated rings. The monoisotopic (exact) mass is 299 g/mol. The minimum Gasteiger partial charge on any atom is -0.489 e. The molecule has 2 aromatic rings. The van der Waals surface area contributed by atoms with Gasteiger partial charge < -0.3 is 10.1 Å². The minimum atomic E-state index is -0.291. The van der Waals surface area contributed by atoms with Crippen LogP contribution in [0.1, 0.15) is 22.8 Å². The standard InChI is InChI=1S/C18H18FNO2/c1-13(2)12-22-17-9-5-15(6-10-17)18(21)20-11-14-3-7-16(19)8-4-14/h3-10H,1,11-12H2,2H3,(H,20,21). The average molecular weight is 299 g/mol. The molecule has 1 N–H and O–H groups in total. The number of nitrogens with one attached hydrogen (secondary N) is 1. The molecule has 0 bridgehead atoms. The molecule has 22 heavy (non-hydrogen) atoms. The fraction of sp³-hybridized carbons (Fsp3) is 0.167. The van der Waals surface area contributed by atoms with Crippen molar-refractivity contribution in [2.75, 3.05) is 6.61 Å². The van der Waals surface area contributed by atoms with Gasteiger partial charge in [-0.1, -0.05) is 18.7 Å². The molecule has 2 aromatic carbocycles. The summed E-state index contributed by atoms with van der Waals surface area (Å²) in [5.74, 6) is 0.217. The van der Waals surface area contributed by atoms with E-state index < -0.39 is 0 Å². The highest BCUT2D eigenvalue weighted by atomic mass is 19.1. The summed E-state index contributed by atoms with van der Waals surface area (Å²) in [5.41, 5.74) is 2.32. The van der Waals surface area contributed by atoms with Gasteiger partial charge in [0.1, 0.15) is 18.2 Å². The molecule has 0 saturated heterocycles. The van der Waals surface area contributed by atoms with Gasteiger partial charge in [-0.2, -0.15) is 0 Å². The Kier molecular flexibility index (Phi) is 5.31. The maximum atomic E-state index is 12.8. The highest BCUT2D eigenvalue weighted by Crippen LogP contribution is 2.13. The third kappa shape index (κ3) is 4.74. The van der Waals surface area contributed by atoms with Gasteiger partial charge in [-0.05, 0) is 54.5 Å². The molecule has 3 nitrogen and oxygen atoms in total. The molecule has 114 valence electrons. The number of rotatable bonds is 6. The molecule has 0 aromatic heterocycles. The normalized spacial score (nSPS) is 10.1. The summed E-state index contributed by atoms with van der Waals surface area (Å²) in [6, 6.07) is 12.9. The van der Waals surface area contributed by atoms with Gasteiger partial charge >= 0.3 is 0 Å². The number of carbonyl (C=O) groups excluding carboxylic acids is 1. The number of hydrogen-bond acceptors (Lipinski definition) is 2. The molecule has 0 aliphatic rings. The molecule has 0 saturated carbocycles. The lowest BCUT2D eigenvalue weighted by Gasteiger charge is -2.08. The van der Waals surface area contributed by atoms with Crippen molar-refractivity contribution in [2.45, 2.75) is 13.5 Å². The second-order valence-corrected chi connectivity index (χ2v) is 5.08. The van der Waals surface area contributed by atoms with Crippen LogP contribution in [0.2, 0.25) is 0 Å². The van der Waals surface area contributed by atoms with Gasteiger partial charge in [0.05, 0.1) is 0 Å². The number of halogens is 1. The number of hydrogen-bond donors (Lipinski definition) is 1. The van der Waals surface area contributed by atoms with Crippen molar-refractivity contribution in [3.63, 3.8) is 0 Å². The summed E-state index contributed by atoms with van der Waals surface area (Å²) < 4.78 is 18.3. The van der Waals surface area contributed by atoms with Crippen molar-refractivity contribution in [1.29, 1.82) is 0 Å². The predicted molar refractivity (Wildman–Crippen MR) is 84.3 cm³/mol. The van der Waals surface area contributed by atoms with Crippen LogP contribution in [0.3, 0.4) is 0 Å². The third-order valence-corrected chi connectivity index (χ3v) is 2.97. The van der Waals surface area contributed by atoms with Crippen molar-refractivity contribution < 1.29 is 13.9 Å². The van der Waals surface area contributed by atoms with Crippen LogP contribution < -0.4 is 10.1 Å². The molecule has 0 aliphatic heterocycles. The lowest BCUT2D eigenvalue weighted by Crippen LogP contribution is -2.22. The maximum Gasteiger partial charge on any atom is 0.251 e. The van der Waals surface area contributed by atoms with Crippen LogP contribution in [0.5, 0.6) is 5.75 Å². The van der Waals surface area contributed by atoms with E-state index in [0.29, 0.717) is 24.5 Å². The fourth-order valence-corrected chi connectivity index (χ4v) is 1.80. The first kappa shape index (κ1) is 15.8. The molecule has 0 atom stereocenters. The molecule has 0 radical (unpaired) electrons. The zero-order valence-electron chi connectivity index (χ0n) is 12.4. The molecule has 2 rings (SSSR count). The Bertz CT molecular complexity index is 648. The van der Waals surface area contributed by atoms with Crippen molar-refractivity contribution in [1.82, 2.24) is 5.32 Å². The van der Waals surface area contributed by atoms with Gasteiger partial charge in [0.15, 0.2) is 0 Å². The molecule has 1 amide bonds. The Balaban J connectivity index is 1.89. The predicted octanol–water partition coefficient (Wildman–Crippen LogP) is 3.71. The first-order valence-electron chi connectivity index (χ1n) is 6.94. The number of amides is 1. The summed E-state index contributed by atoms with van der Waals surface area (Å²) in [6.45, 7) is 6.46. The first-order valence-corrected chi connectivity index (χ1v) is 6.94. The maximum absolute atomic E-state index is 12.8. The molecule has 0 heterocycles. The number of benzene rings is 2. The largest absolute Gasteiger partial charge is 0.489 e. The molecular weight excluding hydrogens is 281 g/mol. The second kappa shape index (κ2) is 7.41. The van der Waals surface area contributed by atoms with Crippen molar-refractivity contribution in [3.8, 4) is 5.75 Å². The topological polar surface area (TPSA) is 38.3 Å². The van der Waals surface area contributed by atoms with Gasteiger partial charge in [0, 0.05) is 12.1 Å². The van der Waals surface area contributed by atoms with Crippen LogP contribution in [-0.4, -0.2) is 12.5 Å². The fourth-order valence-electron chi connectivity index (χ4n) is 1.80. The van der Waals surface area contributed by atoms with Gasteiger partial charge in [-0.25, -0.2) is 4.39 Å². The quantitative estimate of drug-likeness (QED) is 0.826. The van der Waals surface area contributed by atoms with E-state index in [9.17, 15) is 9.18 Å². The summed E-state index contributed by atoms with van der Waals surface area (Å²) in [7, 11) is 0. The first-order chi connectivity index (χ1) is 10.5. The van der Waals surface area contributed by atoms with E-state index in [1.165, 1.54) is 12.1 Å².